The van der Waals surface area contributed by atoms with Gasteiger partial charge in [-0.05, 0) is 74.9 Å². The van der Waals surface area contributed by atoms with E-state index in [0.717, 1.165) is 11.3 Å². The largest absolute Gasteiger partial charge is 0.491 e. The van der Waals surface area contributed by atoms with Crippen molar-refractivity contribution in [3.05, 3.63) is 72.4 Å². The molecule has 2 N–H and O–H groups in total. The van der Waals surface area contributed by atoms with Crippen LogP contribution in [-0.4, -0.2) is 19.5 Å². The first-order valence-electron chi connectivity index (χ1n) is 8.91. The molecule has 146 valence electrons. The Balaban J connectivity index is 1.68. The van der Waals surface area contributed by atoms with Gasteiger partial charge < -0.3 is 10.1 Å². The van der Waals surface area contributed by atoms with Crippen molar-refractivity contribution in [2.75, 3.05) is 10.0 Å². The average molecular weight is 398 g/mol. The number of pyridine rings is 1. The molecule has 1 heterocycles. The van der Waals surface area contributed by atoms with Crippen LogP contribution in [0.25, 0.3) is 0 Å². The summed E-state index contributed by atoms with van der Waals surface area (Å²) in [6.07, 6.45) is 1.50. The number of hydrogen-bond donors (Lipinski definition) is 2. The highest BCUT2D eigenvalue weighted by Gasteiger charge is 2.14. The number of benzene rings is 2. The summed E-state index contributed by atoms with van der Waals surface area (Å²) in [6, 6.07) is 17.6. The Hall–Kier alpha value is -3.06. The van der Waals surface area contributed by atoms with Crippen molar-refractivity contribution in [1.29, 1.82) is 0 Å². The Morgan fingerprint density at radius 3 is 2.32 bits per heavy atom. The topological polar surface area (TPSA) is 80.3 Å². The lowest BCUT2D eigenvalue weighted by Crippen LogP contribution is -2.13. The highest BCUT2D eigenvalue weighted by Crippen LogP contribution is 2.21. The standard InChI is InChI=1S/C21H23N3O3S/c1-15(2)27-19-8-10-20(11-9-19)28(25,26)24-18-7-12-21(22-14-18)23-17-6-4-5-16(3)13-17/h4-15,24H,1-3H3,(H,22,23). The highest BCUT2D eigenvalue weighted by molar-refractivity contribution is 7.92. The fraction of sp³-hybridized carbons (Fsp3) is 0.190. The Labute approximate surface area is 165 Å². The second kappa shape index (κ2) is 8.31. The molecule has 0 unspecified atom stereocenters. The molecule has 6 nitrogen and oxygen atoms in total. The first-order valence-corrected chi connectivity index (χ1v) is 10.4. The molecular formula is C21H23N3O3S. The number of ether oxygens (including phenoxy) is 1. The lowest BCUT2D eigenvalue weighted by molar-refractivity contribution is 0.242. The lowest BCUT2D eigenvalue weighted by atomic mass is 10.2. The smallest absolute Gasteiger partial charge is 0.261 e. The molecule has 0 fully saturated rings. The van der Waals surface area contributed by atoms with E-state index in [1.807, 2.05) is 45.0 Å². The molecule has 0 aliphatic heterocycles. The van der Waals surface area contributed by atoms with E-state index in [-0.39, 0.29) is 11.0 Å². The van der Waals surface area contributed by atoms with Crippen LogP contribution in [0.15, 0.2) is 71.8 Å². The summed E-state index contributed by atoms with van der Waals surface area (Å²) < 4.78 is 33.2. The molecule has 28 heavy (non-hydrogen) atoms. The maximum atomic E-state index is 12.6. The minimum atomic E-state index is -3.70. The molecule has 0 radical (unpaired) electrons. The molecule has 0 spiro atoms. The predicted octanol–water partition coefficient (Wildman–Crippen LogP) is 4.72. The summed E-state index contributed by atoms with van der Waals surface area (Å²) in [7, 11) is -3.70. The molecule has 0 saturated heterocycles. The van der Waals surface area contributed by atoms with Crippen molar-refractivity contribution in [3.63, 3.8) is 0 Å². The molecule has 0 aliphatic carbocycles. The van der Waals surface area contributed by atoms with Gasteiger partial charge in [-0.3, -0.25) is 4.72 Å². The molecule has 0 aliphatic rings. The van der Waals surface area contributed by atoms with Gasteiger partial charge in [0, 0.05) is 5.69 Å². The Morgan fingerprint density at radius 1 is 0.964 bits per heavy atom. The summed E-state index contributed by atoms with van der Waals surface area (Å²) in [5, 5.41) is 3.19. The van der Waals surface area contributed by atoms with Gasteiger partial charge in [0.15, 0.2) is 0 Å². The SMILES string of the molecule is Cc1cccc(Nc2ccc(NS(=O)(=O)c3ccc(OC(C)C)cc3)cn2)c1. The monoisotopic (exact) mass is 397 g/mol. The van der Waals surface area contributed by atoms with Crippen LogP contribution in [0.5, 0.6) is 5.75 Å². The van der Waals surface area contributed by atoms with Crippen LogP contribution in [0, 0.1) is 6.92 Å². The first-order chi connectivity index (χ1) is 13.3. The molecule has 1 aromatic heterocycles. The normalized spacial score (nSPS) is 11.3. The van der Waals surface area contributed by atoms with Gasteiger partial charge in [-0.25, -0.2) is 13.4 Å². The minimum absolute atomic E-state index is 0.0265. The van der Waals surface area contributed by atoms with Gasteiger partial charge in [-0.15, -0.1) is 0 Å². The van der Waals surface area contributed by atoms with Crippen molar-refractivity contribution in [2.45, 2.75) is 31.8 Å². The van der Waals surface area contributed by atoms with Crippen molar-refractivity contribution in [1.82, 2.24) is 4.98 Å². The van der Waals surface area contributed by atoms with Gasteiger partial charge in [0.1, 0.15) is 11.6 Å². The van der Waals surface area contributed by atoms with E-state index in [2.05, 4.69) is 15.0 Å². The number of anilines is 3. The number of aromatic nitrogens is 1. The second-order valence-corrected chi connectivity index (χ2v) is 8.35. The molecular weight excluding hydrogens is 374 g/mol. The van der Waals surface area contributed by atoms with Crippen LogP contribution in [0.1, 0.15) is 19.4 Å². The number of sulfonamides is 1. The average Bonchev–Trinajstić information content (AvgIpc) is 2.63. The third-order valence-corrected chi connectivity index (χ3v) is 5.21. The fourth-order valence-corrected chi connectivity index (χ4v) is 3.63. The number of nitrogens with zero attached hydrogens (tertiary/aromatic N) is 1. The van der Waals surface area contributed by atoms with Crippen molar-refractivity contribution in [3.8, 4) is 5.75 Å². The molecule has 3 aromatic rings. The summed E-state index contributed by atoms with van der Waals surface area (Å²) in [4.78, 5) is 4.43. The molecule has 7 heteroatoms. The first kappa shape index (κ1) is 19.7. The third kappa shape index (κ3) is 5.23. The van der Waals surface area contributed by atoms with Crippen LogP contribution in [-0.2, 0) is 10.0 Å². The molecule has 0 atom stereocenters. The van der Waals surface area contributed by atoms with Gasteiger partial charge in [0.05, 0.1) is 22.9 Å². The van der Waals surface area contributed by atoms with E-state index < -0.39 is 10.0 Å². The van der Waals surface area contributed by atoms with E-state index in [9.17, 15) is 8.42 Å². The summed E-state index contributed by atoms with van der Waals surface area (Å²) in [6.45, 7) is 5.84. The van der Waals surface area contributed by atoms with Gasteiger partial charge >= 0.3 is 0 Å². The van der Waals surface area contributed by atoms with Gasteiger partial charge in [-0.1, -0.05) is 12.1 Å². The molecule has 0 bridgehead atoms. The van der Waals surface area contributed by atoms with Crippen LogP contribution in [0.3, 0.4) is 0 Å². The number of rotatable bonds is 7. The van der Waals surface area contributed by atoms with Gasteiger partial charge in [0.25, 0.3) is 10.0 Å². The van der Waals surface area contributed by atoms with Crippen LogP contribution in [0.2, 0.25) is 0 Å². The zero-order valence-corrected chi connectivity index (χ0v) is 16.8. The predicted molar refractivity (Wildman–Crippen MR) is 112 cm³/mol. The Kier molecular flexibility index (Phi) is 5.84. The highest BCUT2D eigenvalue weighted by atomic mass is 32.2. The number of hydrogen-bond acceptors (Lipinski definition) is 5. The number of aryl methyl sites for hydroxylation is 1. The molecule has 0 amide bonds. The Bertz CT molecular complexity index is 1030. The maximum absolute atomic E-state index is 12.6. The zero-order valence-electron chi connectivity index (χ0n) is 16.0. The van der Waals surface area contributed by atoms with Gasteiger partial charge in [-0.2, -0.15) is 0 Å². The quantitative estimate of drug-likeness (QED) is 0.603. The van der Waals surface area contributed by atoms with E-state index in [4.69, 9.17) is 4.74 Å². The van der Waals surface area contributed by atoms with Crippen molar-refractivity contribution >= 4 is 27.2 Å². The summed E-state index contributed by atoms with van der Waals surface area (Å²) in [5.41, 5.74) is 2.45. The number of nitrogens with one attached hydrogen (secondary N) is 2. The lowest BCUT2D eigenvalue weighted by Gasteiger charge is -2.12. The van der Waals surface area contributed by atoms with Crippen LogP contribution in [0.4, 0.5) is 17.2 Å². The summed E-state index contributed by atoms with van der Waals surface area (Å²) >= 11 is 0. The molecule has 3 rings (SSSR count). The fourth-order valence-electron chi connectivity index (χ4n) is 2.58. The van der Waals surface area contributed by atoms with E-state index in [1.54, 1.807) is 24.3 Å². The van der Waals surface area contributed by atoms with Crippen LogP contribution >= 0.6 is 0 Å². The van der Waals surface area contributed by atoms with E-state index in [0.29, 0.717) is 17.3 Å². The van der Waals surface area contributed by atoms with Crippen LogP contribution < -0.4 is 14.8 Å². The third-order valence-electron chi connectivity index (χ3n) is 3.81. The van der Waals surface area contributed by atoms with Crippen molar-refractivity contribution < 1.29 is 13.2 Å². The molecule has 0 saturated carbocycles. The Morgan fingerprint density at radius 2 is 1.71 bits per heavy atom. The summed E-state index contributed by atoms with van der Waals surface area (Å²) in [5.74, 6) is 1.26. The molecule has 2 aromatic carbocycles. The van der Waals surface area contributed by atoms with Crippen molar-refractivity contribution in [2.24, 2.45) is 0 Å². The second-order valence-electron chi connectivity index (χ2n) is 6.67. The maximum Gasteiger partial charge on any atom is 0.261 e. The van der Waals surface area contributed by atoms with E-state index in [1.165, 1.54) is 18.3 Å². The zero-order chi connectivity index (χ0) is 20.1. The van der Waals surface area contributed by atoms with E-state index >= 15 is 0 Å². The van der Waals surface area contributed by atoms with Gasteiger partial charge in [0.2, 0.25) is 0 Å². The minimum Gasteiger partial charge on any atom is -0.491 e.